The molecule has 1 atom stereocenters. The second-order valence-corrected chi connectivity index (χ2v) is 3.48. The van der Waals surface area contributed by atoms with E-state index < -0.39 is 28.4 Å². The average molecular weight is 242 g/mol. The summed E-state index contributed by atoms with van der Waals surface area (Å²) in [5, 5.41) is 21.8. The lowest BCUT2D eigenvalue weighted by molar-refractivity contribution is -0.387. The normalized spacial score (nSPS) is 11.9. The van der Waals surface area contributed by atoms with Gasteiger partial charge in [0.1, 0.15) is 0 Å². The van der Waals surface area contributed by atoms with Crippen molar-refractivity contribution in [1.82, 2.24) is 5.32 Å². The van der Waals surface area contributed by atoms with Crippen molar-refractivity contribution in [2.45, 2.75) is 13.0 Å². The van der Waals surface area contributed by atoms with Gasteiger partial charge >= 0.3 is 5.69 Å². The summed E-state index contributed by atoms with van der Waals surface area (Å²) in [5.74, 6) is -1.60. The van der Waals surface area contributed by atoms with Crippen LogP contribution in [0, 0.1) is 15.9 Å². The number of aliphatic hydroxyl groups is 1. The summed E-state index contributed by atoms with van der Waals surface area (Å²) in [7, 11) is 0. The van der Waals surface area contributed by atoms with Gasteiger partial charge in [0, 0.05) is 18.2 Å². The molecule has 7 heteroatoms. The van der Waals surface area contributed by atoms with Gasteiger partial charge in [0.25, 0.3) is 5.91 Å². The van der Waals surface area contributed by atoms with E-state index in [1.807, 2.05) is 0 Å². The highest BCUT2D eigenvalue weighted by molar-refractivity contribution is 5.94. The maximum atomic E-state index is 13.0. The van der Waals surface area contributed by atoms with Crippen LogP contribution in [0.4, 0.5) is 10.1 Å². The molecule has 17 heavy (non-hydrogen) atoms. The molecule has 0 aliphatic carbocycles. The highest BCUT2D eigenvalue weighted by atomic mass is 19.1. The number of carbonyl (C=O) groups is 1. The number of hydrogen-bond donors (Lipinski definition) is 2. The molecule has 0 aromatic heterocycles. The van der Waals surface area contributed by atoms with E-state index in [-0.39, 0.29) is 12.1 Å². The molecule has 1 rings (SSSR count). The summed E-state index contributed by atoms with van der Waals surface area (Å²) in [4.78, 5) is 21.0. The molecule has 1 amide bonds. The van der Waals surface area contributed by atoms with Crippen molar-refractivity contribution in [2.75, 3.05) is 6.54 Å². The fourth-order valence-electron chi connectivity index (χ4n) is 1.14. The van der Waals surface area contributed by atoms with Gasteiger partial charge in [-0.3, -0.25) is 14.9 Å². The lowest BCUT2D eigenvalue weighted by atomic mass is 10.2. The van der Waals surface area contributed by atoms with Crippen LogP contribution in [-0.2, 0) is 0 Å². The smallest absolute Gasteiger partial charge is 0.305 e. The number of amides is 1. The molecule has 0 heterocycles. The fraction of sp³-hybridized carbons (Fsp3) is 0.300. The number of nitrogens with one attached hydrogen (secondary N) is 1. The molecular formula is C10H11FN2O4. The first-order valence-electron chi connectivity index (χ1n) is 4.82. The van der Waals surface area contributed by atoms with E-state index in [4.69, 9.17) is 5.11 Å². The van der Waals surface area contributed by atoms with E-state index in [0.717, 1.165) is 18.2 Å². The van der Waals surface area contributed by atoms with Gasteiger partial charge in [0.2, 0.25) is 5.82 Å². The number of nitro benzene ring substituents is 1. The molecule has 1 aromatic rings. The Hall–Kier alpha value is -2.02. The highest BCUT2D eigenvalue weighted by Gasteiger charge is 2.17. The number of carbonyl (C=O) groups excluding carboxylic acids is 1. The number of hydrogen-bond acceptors (Lipinski definition) is 4. The summed E-state index contributed by atoms with van der Waals surface area (Å²) >= 11 is 0. The number of nitro groups is 1. The Balaban J connectivity index is 2.88. The van der Waals surface area contributed by atoms with E-state index in [1.165, 1.54) is 6.92 Å². The van der Waals surface area contributed by atoms with Crippen molar-refractivity contribution in [3.05, 3.63) is 39.7 Å². The summed E-state index contributed by atoms with van der Waals surface area (Å²) in [6.45, 7) is 1.50. The van der Waals surface area contributed by atoms with Crippen LogP contribution in [0.5, 0.6) is 0 Å². The molecule has 0 fully saturated rings. The van der Waals surface area contributed by atoms with Crippen molar-refractivity contribution in [1.29, 1.82) is 0 Å². The van der Waals surface area contributed by atoms with Crippen LogP contribution in [0.1, 0.15) is 17.3 Å². The summed E-state index contributed by atoms with van der Waals surface area (Å²) in [5.41, 5.74) is -0.784. The molecule has 0 aliphatic heterocycles. The van der Waals surface area contributed by atoms with Gasteiger partial charge in [0.05, 0.1) is 11.0 Å². The molecule has 0 bridgehead atoms. The standard InChI is InChI=1S/C10H11FN2O4/c1-6(14)5-12-10(15)7-2-3-8(11)9(4-7)13(16)17/h2-4,6,14H,5H2,1H3,(H,12,15)/t6-/m0/s1. The van der Waals surface area contributed by atoms with Crippen molar-refractivity contribution in [3.63, 3.8) is 0 Å². The Morgan fingerprint density at radius 2 is 2.29 bits per heavy atom. The summed E-state index contributed by atoms with van der Waals surface area (Å²) < 4.78 is 13.0. The minimum Gasteiger partial charge on any atom is -0.392 e. The zero-order valence-electron chi connectivity index (χ0n) is 9.01. The monoisotopic (exact) mass is 242 g/mol. The Kier molecular flexibility index (Phi) is 4.11. The number of nitrogens with zero attached hydrogens (tertiary/aromatic N) is 1. The lowest BCUT2D eigenvalue weighted by Crippen LogP contribution is -2.30. The number of aliphatic hydroxyl groups excluding tert-OH is 1. The third-order valence-electron chi connectivity index (χ3n) is 1.96. The van der Waals surface area contributed by atoms with Gasteiger partial charge in [-0.2, -0.15) is 4.39 Å². The molecule has 2 N–H and O–H groups in total. The number of rotatable bonds is 4. The summed E-state index contributed by atoms with van der Waals surface area (Å²) in [6.07, 6.45) is -0.727. The predicted octanol–water partition coefficient (Wildman–Crippen LogP) is 0.845. The first kappa shape index (κ1) is 13.0. The summed E-state index contributed by atoms with van der Waals surface area (Å²) in [6, 6.07) is 2.85. The molecule has 0 radical (unpaired) electrons. The van der Waals surface area contributed by atoms with Crippen LogP contribution in [0.3, 0.4) is 0 Å². The molecule has 92 valence electrons. The van der Waals surface area contributed by atoms with Crippen LogP contribution in [0.15, 0.2) is 18.2 Å². The van der Waals surface area contributed by atoms with Gasteiger partial charge < -0.3 is 10.4 Å². The molecule has 0 saturated carbocycles. The maximum Gasteiger partial charge on any atom is 0.305 e. The van der Waals surface area contributed by atoms with Crippen LogP contribution < -0.4 is 5.32 Å². The van der Waals surface area contributed by atoms with E-state index in [0.29, 0.717) is 0 Å². The molecule has 0 spiro atoms. The third-order valence-corrected chi connectivity index (χ3v) is 1.96. The van der Waals surface area contributed by atoms with Crippen molar-refractivity contribution in [3.8, 4) is 0 Å². The van der Waals surface area contributed by atoms with Crippen LogP contribution in [0.2, 0.25) is 0 Å². The quantitative estimate of drug-likeness (QED) is 0.604. The van der Waals surface area contributed by atoms with Crippen molar-refractivity contribution >= 4 is 11.6 Å². The molecule has 0 unspecified atom stereocenters. The molecular weight excluding hydrogens is 231 g/mol. The SMILES string of the molecule is C[C@H](O)CNC(=O)c1ccc(F)c([N+](=O)[O-])c1. The largest absolute Gasteiger partial charge is 0.392 e. The molecule has 0 saturated heterocycles. The Labute approximate surface area is 96.2 Å². The zero-order chi connectivity index (χ0) is 13.0. The second-order valence-electron chi connectivity index (χ2n) is 3.48. The van der Waals surface area contributed by atoms with E-state index in [9.17, 15) is 19.3 Å². The zero-order valence-corrected chi connectivity index (χ0v) is 9.01. The fourth-order valence-corrected chi connectivity index (χ4v) is 1.14. The van der Waals surface area contributed by atoms with Crippen molar-refractivity contribution < 1.29 is 19.2 Å². The van der Waals surface area contributed by atoms with Gasteiger partial charge in [0.15, 0.2) is 0 Å². The van der Waals surface area contributed by atoms with Gasteiger partial charge in [-0.15, -0.1) is 0 Å². The van der Waals surface area contributed by atoms with Gasteiger partial charge in [-0.1, -0.05) is 0 Å². The van der Waals surface area contributed by atoms with Gasteiger partial charge in [-0.05, 0) is 19.1 Å². The highest BCUT2D eigenvalue weighted by Crippen LogP contribution is 2.18. The Morgan fingerprint density at radius 3 is 2.82 bits per heavy atom. The Bertz CT molecular complexity index is 448. The van der Waals surface area contributed by atoms with Crippen molar-refractivity contribution in [2.24, 2.45) is 0 Å². The molecule has 0 aliphatic rings. The predicted molar refractivity (Wildman–Crippen MR) is 57.1 cm³/mol. The minimum atomic E-state index is -0.998. The number of benzene rings is 1. The van der Waals surface area contributed by atoms with Gasteiger partial charge in [-0.25, -0.2) is 0 Å². The molecule has 6 nitrogen and oxygen atoms in total. The maximum absolute atomic E-state index is 13.0. The van der Waals surface area contributed by atoms with Crippen LogP contribution >= 0.6 is 0 Å². The van der Waals surface area contributed by atoms with Crippen LogP contribution in [-0.4, -0.2) is 28.6 Å². The number of halogens is 1. The first-order valence-corrected chi connectivity index (χ1v) is 4.82. The van der Waals surface area contributed by atoms with Crippen LogP contribution in [0.25, 0.3) is 0 Å². The third kappa shape index (κ3) is 3.49. The molecule has 1 aromatic carbocycles. The second kappa shape index (κ2) is 5.35. The lowest BCUT2D eigenvalue weighted by Gasteiger charge is -2.06. The average Bonchev–Trinajstić information content (AvgIpc) is 2.26. The van der Waals surface area contributed by atoms with E-state index in [2.05, 4.69) is 5.32 Å². The minimum absolute atomic E-state index is 0.0179. The topological polar surface area (TPSA) is 92.5 Å². The van der Waals surface area contributed by atoms with E-state index in [1.54, 1.807) is 0 Å². The van der Waals surface area contributed by atoms with E-state index >= 15 is 0 Å². The Morgan fingerprint density at radius 1 is 1.65 bits per heavy atom. The first-order chi connectivity index (χ1) is 7.91.